The van der Waals surface area contributed by atoms with Crippen LogP contribution in [0.2, 0.25) is 0 Å². The number of para-hydroxylation sites is 1. The molecule has 2 aliphatic rings. The molecule has 5 rings (SSSR count). The largest absolute Gasteiger partial charge is 0.467 e. The Morgan fingerprint density at radius 3 is 2.58 bits per heavy atom. The van der Waals surface area contributed by atoms with Crippen molar-refractivity contribution in [3.8, 4) is 17.0 Å². The number of hydrogen-bond acceptors (Lipinski definition) is 7. The van der Waals surface area contributed by atoms with Crippen LogP contribution in [0.4, 0.5) is 10.5 Å². The van der Waals surface area contributed by atoms with Crippen molar-refractivity contribution in [1.29, 1.82) is 0 Å². The molecule has 36 heavy (non-hydrogen) atoms. The van der Waals surface area contributed by atoms with Crippen LogP contribution in [-0.2, 0) is 4.74 Å². The van der Waals surface area contributed by atoms with Gasteiger partial charge in [-0.05, 0) is 35.7 Å². The minimum absolute atomic E-state index is 0.0679. The molecule has 1 amide bonds. The van der Waals surface area contributed by atoms with Gasteiger partial charge in [-0.15, -0.1) is 10.2 Å². The first-order chi connectivity index (χ1) is 17.2. The molecule has 0 bridgehead atoms. The zero-order valence-electron chi connectivity index (χ0n) is 20.9. The molecule has 3 heterocycles. The van der Waals surface area contributed by atoms with Crippen molar-refractivity contribution in [3.05, 3.63) is 48.0 Å². The quantitative estimate of drug-likeness (QED) is 0.403. The Bertz CT molecular complexity index is 1330. The van der Waals surface area contributed by atoms with Crippen molar-refractivity contribution in [2.24, 2.45) is 10.8 Å². The molecular weight excluding hydrogens is 460 g/mol. The van der Waals surface area contributed by atoms with Gasteiger partial charge >= 0.3 is 6.09 Å². The van der Waals surface area contributed by atoms with Crippen molar-refractivity contribution < 1.29 is 24.2 Å². The van der Waals surface area contributed by atoms with E-state index in [1.165, 1.54) is 0 Å². The van der Waals surface area contributed by atoms with Crippen LogP contribution in [0.5, 0.6) is 5.75 Å². The predicted molar refractivity (Wildman–Crippen MR) is 135 cm³/mol. The fourth-order valence-electron chi connectivity index (χ4n) is 5.98. The van der Waals surface area contributed by atoms with Crippen LogP contribution in [0.15, 0.2) is 42.5 Å². The number of likely N-dealkylation sites (tertiary alicyclic amines) is 1. The number of carboxylic acid groups (broad SMARTS) is 1. The second-order valence-electron chi connectivity index (χ2n) is 10.8. The number of aldehydes is 1. The Hall–Kier alpha value is -3.72. The number of fused-ring (bicyclic) bond motifs is 1. The maximum atomic E-state index is 12.1. The van der Waals surface area contributed by atoms with Gasteiger partial charge in [0, 0.05) is 54.4 Å². The average Bonchev–Trinajstić information content (AvgIpc) is 2.79. The van der Waals surface area contributed by atoms with Gasteiger partial charge in [-0.1, -0.05) is 32.9 Å². The smallest absolute Gasteiger partial charge is 0.407 e. The third-order valence-corrected chi connectivity index (χ3v) is 7.15. The van der Waals surface area contributed by atoms with E-state index in [4.69, 9.17) is 9.47 Å². The van der Waals surface area contributed by atoms with E-state index in [1.807, 2.05) is 42.5 Å². The van der Waals surface area contributed by atoms with Gasteiger partial charge in [-0.3, -0.25) is 4.79 Å². The van der Waals surface area contributed by atoms with E-state index in [1.54, 1.807) is 12.0 Å². The molecule has 1 aromatic heterocycles. The minimum Gasteiger partial charge on any atom is -0.467 e. The predicted octanol–water partition coefficient (Wildman–Crippen LogP) is 4.31. The number of anilines is 1. The molecule has 1 atom stereocenters. The highest BCUT2D eigenvalue weighted by Gasteiger charge is 2.64. The van der Waals surface area contributed by atoms with E-state index in [9.17, 15) is 14.7 Å². The highest BCUT2D eigenvalue weighted by Crippen LogP contribution is 2.53. The van der Waals surface area contributed by atoms with Crippen LogP contribution < -0.4 is 9.64 Å². The van der Waals surface area contributed by atoms with Crippen molar-refractivity contribution in [1.82, 2.24) is 15.1 Å². The SMILES string of the molecule is COCOc1ccccc1-c1cc2cc(C=O)c(N3CC4(C3)CN(C(=O)O)C4C(C)(C)C)cc2nn1. The summed E-state index contributed by atoms with van der Waals surface area (Å²) in [4.78, 5) is 27.5. The Morgan fingerprint density at radius 2 is 1.92 bits per heavy atom. The van der Waals surface area contributed by atoms with E-state index in [-0.39, 0.29) is 23.7 Å². The molecule has 0 aliphatic carbocycles. The maximum absolute atomic E-state index is 12.1. The van der Waals surface area contributed by atoms with Crippen molar-refractivity contribution >= 4 is 29.0 Å². The first-order valence-corrected chi connectivity index (χ1v) is 11.9. The van der Waals surface area contributed by atoms with Crippen molar-refractivity contribution in [3.63, 3.8) is 0 Å². The fourth-order valence-corrected chi connectivity index (χ4v) is 5.98. The Labute approximate surface area is 209 Å². The summed E-state index contributed by atoms with van der Waals surface area (Å²) in [7, 11) is 1.56. The molecule has 2 aromatic carbocycles. The fraction of sp³-hybridized carbons (Fsp3) is 0.407. The summed E-state index contributed by atoms with van der Waals surface area (Å²) in [5, 5.41) is 19.3. The van der Waals surface area contributed by atoms with E-state index < -0.39 is 6.09 Å². The lowest BCUT2D eigenvalue weighted by molar-refractivity contribution is -0.121. The number of nitrogens with zero attached hydrogens (tertiary/aromatic N) is 4. The minimum atomic E-state index is -0.876. The van der Waals surface area contributed by atoms with Gasteiger partial charge in [0.25, 0.3) is 0 Å². The summed E-state index contributed by atoms with van der Waals surface area (Å²) in [5.74, 6) is 0.635. The summed E-state index contributed by atoms with van der Waals surface area (Å²) in [6.45, 7) is 8.26. The summed E-state index contributed by atoms with van der Waals surface area (Å²) in [6.07, 6.45) is -0.0142. The molecule has 188 valence electrons. The van der Waals surface area contributed by atoms with Crippen molar-refractivity contribution in [2.75, 3.05) is 38.4 Å². The number of aromatic nitrogens is 2. The summed E-state index contributed by atoms with van der Waals surface area (Å²) in [5.41, 5.74) is 3.20. The van der Waals surface area contributed by atoms with Gasteiger partial charge in [0.05, 0.1) is 17.3 Å². The zero-order chi connectivity index (χ0) is 25.7. The van der Waals surface area contributed by atoms with E-state index in [2.05, 4.69) is 35.9 Å². The molecule has 3 aromatic rings. The molecule has 2 aliphatic heterocycles. The molecule has 0 radical (unpaired) electrons. The third-order valence-electron chi connectivity index (χ3n) is 7.15. The van der Waals surface area contributed by atoms with E-state index in [0.717, 1.165) is 22.9 Å². The lowest BCUT2D eigenvalue weighted by Gasteiger charge is -2.68. The summed E-state index contributed by atoms with van der Waals surface area (Å²) in [6, 6.07) is 13.1. The lowest BCUT2D eigenvalue weighted by Crippen LogP contribution is -2.81. The second kappa shape index (κ2) is 8.74. The van der Waals surface area contributed by atoms with Gasteiger partial charge in [0.1, 0.15) is 5.75 Å². The zero-order valence-corrected chi connectivity index (χ0v) is 20.9. The van der Waals surface area contributed by atoms with Crippen LogP contribution in [0.25, 0.3) is 22.2 Å². The number of carbonyl (C=O) groups excluding carboxylic acids is 1. The third kappa shape index (κ3) is 3.93. The number of benzene rings is 2. The molecule has 1 unspecified atom stereocenters. The van der Waals surface area contributed by atoms with Gasteiger partial charge < -0.3 is 24.4 Å². The summed E-state index contributed by atoms with van der Waals surface area (Å²) >= 11 is 0. The molecule has 2 fully saturated rings. The maximum Gasteiger partial charge on any atom is 0.407 e. The molecule has 0 saturated carbocycles. The number of carbonyl (C=O) groups is 2. The van der Waals surface area contributed by atoms with Crippen LogP contribution in [0.3, 0.4) is 0 Å². The molecule has 9 nitrogen and oxygen atoms in total. The number of methoxy groups -OCH3 is 1. The first kappa shape index (κ1) is 24.0. The van der Waals surface area contributed by atoms with Gasteiger partial charge in [-0.2, -0.15) is 0 Å². The normalized spacial score (nSPS) is 18.6. The lowest BCUT2D eigenvalue weighted by atomic mass is 9.58. The molecular formula is C27H30N4O5. The Balaban J connectivity index is 1.43. The van der Waals surface area contributed by atoms with E-state index in [0.29, 0.717) is 42.2 Å². The first-order valence-electron chi connectivity index (χ1n) is 11.9. The van der Waals surface area contributed by atoms with Crippen LogP contribution in [-0.4, -0.2) is 72.2 Å². The molecule has 1 N–H and O–H groups in total. The number of ether oxygens (including phenoxy) is 2. The van der Waals surface area contributed by atoms with Crippen molar-refractivity contribution in [2.45, 2.75) is 26.8 Å². The Kier molecular flexibility index (Phi) is 5.83. The molecule has 1 spiro atoms. The standard InChI is InChI=1S/C27H30N4O5/c1-26(2,3)24-27(15-31(24)25(33)34)13-30(14-27)22-11-20-17(9-18(22)12-32)10-21(29-28-20)19-7-5-6-8-23(19)36-16-35-4/h5-12,24H,13-16H2,1-4H3,(H,33,34). The monoisotopic (exact) mass is 490 g/mol. The van der Waals surface area contributed by atoms with Gasteiger partial charge in [-0.25, -0.2) is 4.79 Å². The van der Waals surface area contributed by atoms with Gasteiger partial charge in [0.2, 0.25) is 0 Å². The topological polar surface area (TPSA) is 105 Å². The highest BCUT2D eigenvalue weighted by atomic mass is 16.7. The number of rotatable bonds is 6. The van der Waals surface area contributed by atoms with Crippen LogP contribution >= 0.6 is 0 Å². The van der Waals surface area contributed by atoms with E-state index >= 15 is 0 Å². The average molecular weight is 491 g/mol. The van der Waals surface area contributed by atoms with Crippen LogP contribution in [0, 0.1) is 10.8 Å². The van der Waals surface area contributed by atoms with Crippen LogP contribution in [0.1, 0.15) is 31.1 Å². The number of hydrogen-bond donors (Lipinski definition) is 1. The highest BCUT2D eigenvalue weighted by molar-refractivity contribution is 5.95. The number of amides is 1. The molecule has 2 saturated heterocycles. The molecule has 9 heteroatoms. The van der Waals surface area contributed by atoms with Gasteiger partial charge in [0.15, 0.2) is 13.1 Å². The Morgan fingerprint density at radius 1 is 1.17 bits per heavy atom. The second-order valence-corrected chi connectivity index (χ2v) is 10.8. The summed E-state index contributed by atoms with van der Waals surface area (Å²) < 4.78 is 10.7.